The van der Waals surface area contributed by atoms with Crippen LogP contribution < -0.4 is 10.2 Å². The number of nitrogens with one attached hydrogen (secondary N) is 1. The minimum Gasteiger partial charge on any atom is -0.359 e. The van der Waals surface area contributed by atoms with Crippen LogP contribution in [0.15, 0.2) is 41.3 Å². The monoisotopic (exact) mass is 380 g/mol. The maximum absolute atomic E-state index is 14.0. The quantitative estimate of drug-likeness (QED) is 0.862. The normalized spacial score (nSPS) is 13.6. The number of amides is 1. The predicted molar refractivity (Wildman–Crippen MR) is 93.7 cm³/mol. The molecule has 0 bridgehead atoms. The molecule has 1 N–H and O–H groups in total. The maximum Gasteiger partial charge on any atom is 0.239 e. The van der Waals surface area contributed by atoms with E-state index in [1.54, 1.807) is 12.1 Å². The Bertz CT molecular complexity index is 944. The Morgan fingerprint density at radius 1 is 1.12 bits per heavy atom. The van der Waals surface area contributed by atoms with Crippen molar-refractivity contribution in [3.63, 3.8) is 0 Å². The Balaban J connectivity index is 1.60. The van der Waals surface area contributed by atoms with Crippen LogP contribution in [0.5, 0.6) is 0 Å². The van der Waals surface area contributed by atoms with Gasteiger partial charge in [-0.3, -0.25) is 4.79 Å². The third-order valence-electron chi connectivity index (χ3n) is 4.30. The molecular formula is C18H18F2N2O3S. The van der Waals surface area contributed by atoms with Crippen molar-refractivity contribution in [3.05, 3.63) is 59.2 Å². The summed E-state index contributed by atoms with van der Waals surface area (Å²) in [6.07, 6.45) is 1.48. The van der Waals surface area contributed by atoms with Gasteiger partial charge >= 0.3 is 0 Å². The largest absolute Gasteiger partial charge is 0.359 e. The van der Waals surface area contributed by atoms with Crippen LogP contribution in [-0.4, -0.2) is 33.7 Å². The zero-order chi connectivity index (χ0) is 18.9. The maximum atomic E-state index is 14.0. The Kier molecular flexibility index (Phi) is 4.95. The molecule has 8 heteroatoms. The minimum atomic E-state index is -3.26. The van der Waals surface area contributed by atoms with Gasteiger partial charge in [0, 0.05) is 24.9 Å². The summed E-state index contributed by atoms with van der Waals surface area (Å²) in [4.78, 5) is 13.9. The fourth-order valence-electron chi connectivity index (χ4n) is 2.96. The second kappa shape index (κ2) is 7.03. The molecule has 1 amide bonds. The third kappa shape index (κ3) is 3.85. The highest BCUT2D eigenvalue weighted by atomic mass is 32.2. The topological polar surface area (TPSA) is 66.5 Å². The van der Waals surface area contributed by atoms with E-state index in [9.17, 15) is 22.0 Å². The fraction of sp³-hybridized carbons (Fsp3) is 0.278. The first kappa shape index (κ1) is 18.3. The first-order chi connectivity index (χ1) is 12.3. The standard InChI is InChI=1S/C18H18F2N2O3S/c1-26(24,25)13-4-2-12(3-5-13)10-21-17(23)11-22-9-8-14-15(19)6-7-16(20)18(14)22/h2-7H,8-11H2,1H3,(H,21,23). The summed E-state index contributed by atoms with van der Waals surface area (Å²) in [5.74, 6) is -1.33. The second-order valence-electron chi connectivity index (χ2n) is 6.22. The van der Waals surface area contributed by atoms with E-state index >= 15 is 0 Å². The number of rotatable bonds is 5. The van der Waals surface area contributed by atoms with Gasteiger partial charge in [-0.25, -0.2) is 17.2 Å². The molecule has 0 aromatic heterocycles. The lowest BCUT2D eigenvalue weighted by atomic mass is 10.1. The van der Waals surface area contributed by atoms with Gasteiger partial charge in [-0.2, -0.15) is 0 Å². The van der Waals surface area contributed by atoms with Gasteiger partial charge in [-0.05, 0) is 36.2 Å². The molecule has 1 aliphatic rings. The van der Waals surface area contributed by atoms with Crippen LogP contribution in [0.25, 0.3) is 0 Å². The molecule has 138 valence electrons. The fourth-order valence-corrected chi connectivity index (χ4v) is 3.59. The zero-order valence-corrected chi connectivity index (χ0v) is 14.9. The first-order valence-electron chi connectivity index (χ1n) is 8.03. The summed E-state index contributed by atoms with van der Waals surface area (Å²) in [6, 6.07) is 8.36. The summed E-state index contributed by atoms with van der Waals surface area (Å²) in [7, 11) is -3.26. The highest BCUT2D eigenvalue weighted by molar-refractivity contribution is 7.90. The molecule has 1 heterocycles. The summed E-state index contributed by atoms with van der Waals surface area (Å²) in [6.45, 7) is 0.521. The van der Waals surface area contributed by atoms with Crippen LogP contribution in [0.2, 0.25) is 0 Å². The van der Waals surface area contributed by atoms with Crippen LogP contribution in [0.4, 0.5) is 14.5 Å². The van der Waals surface area contributed by atoms with Crippen molar-refractivity contribution in [1.29, 1.82) is 0 Å². The first-order valence-corrected chi connectivity index (χ1v) is 9.92. The molecule has 0 spiro atoms. The van der Waals surface area contributed by atoms with E-state index < -0.39 is 21.5 Å². The van der Waals surface area contributed by atoms with Crippen LogP contribution in [-0.2, 0) is 27.6 Å². The molecule has 26 heavy (non-hydrogen) atoms. The molecule has 0 atom stereocenters. The molecule has 2 aromatic rings. The number of benzene rings is 2. The summed E-state index contributed by atoms with van der Waals surface area (Å²) in [5.41, 5.74) is 1.19. The van der Waals surface area contributed by atoms with Crippen molar-refractivity contribution < 1.29 is 22.0 Å². The number of carbonyl (C=O) groups excluding carboxylic acids is 1. The molecule has 5 nitrogen and oxygen atoms in total. The van der Waals surface area contributed by atoms with E-state index in [4.69, 9.17) is 0 Å². The molecule has 0 saturated heterocycles. The molecule has 0 saturated carbocycles. The highest BCUT2D eigenvalue weighted by Crippen LogP contribution is 2.32. The van der Waals surface area contributed by atoms with Crippen molar-refractivity contribution in [3.8, 4) is 0 Å². The molecule has 1 aliphatic heterocycles. The molecule has 0 unspecified atom stereocenters. The molecule has 3 rings (SSSR count). The number of halogens is 2. The van der Waals surface area contributed by atoms with Gasteiger partial charge in [-0.1, -0.05) is 12.1 Å². The minimum absolute atomic E-state index is 0.0746. The highest BCUT2D eigenvalue weighted by Gasteiger charge is 2.27. The van der Waals surface area contributed by atoms with E-state index in [0.717, 1.165) is 24.0 Å². The van der Waals surface area contributed by atoms with E-state index in [1.807, 2.05) is 0 Å². The average Bonchev–Trinajstić information content (AvgIpc) is 3.01. The third-order valence-corrected chi connectivity index (χ3v) is 5.43. The number of carbonyl (C=O) groups is 1. The number of hydrogen-bond donors (Lipinski definition) is 1. The van der Waals surface area contributed by atoms with E-state index in [1.165, 1.54) is 17.0 Å². The Hall–Kier alpha value is -2.48. The van der Waals surface area contributed by atoms with E-state index in [2.05, 4.69) is 5.32 Å². The van der Waals surface area contributed by atoms with Crippen molar-refractivity contribution in [2.45, 2.75) is 17.9 Å². The Morgan fingerprint density at radius 2 is 1.77 bits per heavy atom. The van der Waals surface area contributed by atoms with Gasteiger partial charge in [-0.15, -0.1) is 0 Å². The lowest BCUT2D eigenvalue weighted by Gasteiger charge is -2.19. The second-order valence-corrected chi connectivity index (χ2v) is 8.24. The SMILES string of the molecule is CS(=O)(=O)c1ccc(CNC(=O)CN2CCc3c(F)ccc(F)c32)cc1. The Labute approximate surface area is 150 Å². The average molecular weight is 380 g/mol. The van der Waals surface area contributed by atoms with Crippen molar-refractivity contribution in [2.24, 2.45) is 0 Å². The molecule has 0 radical (unpaired) electrons. The number of hydrogen-bond acceptors (Lipinski definition) is 4. The lowest BCUT2D eigenvalue weighted by molar-refractivity contribution is -0.119. The lowest BCUT2D eigenvalue weighted by Crippen LogP contribution is -2.36. The van der Waals surface area contributed by atoms with Crippen molar-refractivity contribution in [2.75, 3.05) is 24.2 Å². The zero-order valence-electron chi connectivity index (χ0n) is 14.1. The van der Waals surface area contributed by atoms with Crippen LogP contribution in [0.1, 0.15) is 11.1 Å². The van der Waals surface area contributed by atoms with Gasteiger partial charge < -0.3 is 10.2 Å². The van der Waals surface area contributed by atoms with Crippen LogP contribution in [0, 0.1) is 11.6 Å². The predicted octanol–water partition coefficient (Wildman–Crippen LogP) is 2.05. The summed E-state index contributed by atoms with van der Waals surface area (Å²) >= 11 is 0. The smallest absolute Gasteiger partial charge is 0.239 e. The van der Waals surface area contributed by atoms with Crippen LogP contribution in [0.3, 0.4) is 0 Å². The van der Waals surface area contributed by atoms with Gasteiger partial charge in [0.2, 0.25) is 5.91 Å². The van der Waals surface area contributed by atoms with E-state index in [0.29, 0.717) is 18.5 Å². The molecule has 0 aliphatic carbocycles. The number of anilines is 1. The van der Waals surface area contributed by atoms with Crippen LogP contribution >= 0.6 is 0 Å². The van der Waals surface area contributed by atoms with Crippen molar-refractivity contribution >= 4 is 21.4 Å². The van der Waals surface area contributed by atoms with Gasteiger partial charge in [0.1, 0.15) is 11.6 Å². The Morgan fingerprint density at radius 3 is 2.42 bits per heavy atom. The summed E-state index contributed by atoms with van der Waals surface area (Å²) < 4.78 is 50.5. The molecule has 0 fully saturated rings. The number of fused-ring (bicyclic) bond motifs is 1. The van der Waals surface area contributed by atoms with Gasteiger partial charge in [0.15, 0.2) is 9.84 Å². The van der Waals surface area contributed by atoms with E-state index in [-0.39, 0.29) is 29.6 Å². The van der Waals surface area contributed by atoms with Gasteiger partial charge in [0.05, 0.1) is 17.1 Å². The summed E-state index contributed by atoms with van der Waals surface area (Å²) in [5, 5.41) is 2.70. The molecule has 2 aromatic carbocycles. The molecular weight excluding hydrogens is 362 g/mol. The van der Waals surface area contributed by atoms with Crippen molar-refractivity contribution in [1.82, 2.24) is 5.32 Å². The van der Waals surface area contributed by atoms with Gasteiger partial charge in [0.25, 0.3) is 0 Å². The number of nitrogens with zero attached hydrogens (tertiary/aromatic N) is 1. The number of sulfone groups is 1.